The smallest absolute Gasteiger partial charge is 0.245 e. The summed E-state index contributed by atoms with van der Waals surface area (Å²) in [6, 6.07) is 14.0. The summed E-state index contributed by atoms with van der Waals surface area (Å²) >= 11 is 1.63. The van der Waals surface area contributed by atoms with E-state index in [1.165, 1.54) is 0 Å². The predicted octanol–water partition coefficient (Wildman–Crippen LogP) is 2.41. The van der Waals surface area contributed by atoms with Gasteiger partial charge in [0.15, 0.2) is 0 Å². The summed E-state index contributed by atoms with van der Waals surface area (Å²) in [5.41, 5.74) is 2.17. The molecule has 1 aromatic heterocycles. The molecule has 3 aliphatic heterocycles. The van der Waals surface area contributed by atoms with Crippen molar-refractivity contribution >= 4 is 46.2 Å². The zero-order valence-electron chi connectivity index (χ0n) is 22.9. The van der Waals surface area contributed by atoms with Crippen LogP contribution in [-0.4, -0.2) is 78.5 Å². The Labute approximate surface area is 242 Å². The van der Waals surface area contributed by atoms with E-state index < -0.39 is 22.6 Å². The molecule has 2 aromatic carbocycles. The van der Waals surface area contributed by atoms with E-state index in [4.69, 9.17) is 4.74 Å². The molecule has 0 saturated carbocycles. The fraction of sp³-hybridized carbons (Fsp3) is 0.483. The molecule has 11 nitrogen and oxygen atoms in total. The monoisotopic (exact) mass is 578 g/mol. The van der Waals surface area contributed by atoms with Crippen molar-refractivity contribution in [3.8, 4) is 5.75 Å². The number of fused-ring (bicyclic) bond motifs is 2. The first kappa shape index (κ1) is 27.5. The minimum Gasteiger partial charge on any atom is -0.494 e. The maximum atomic E-state index is 14.0. The van der Waals surface area contributed by atoms with Gasteiger partial charge in [-0.25, -0.2) is 4.68 Å². The van der Waals surface area contributed by atoms with Crippen molar-refractivity contribution in [3.63, 3.8) is 0 Å². The third kappa shape index (κ3) is 4.82. The molecule has 2 bridgehead atoms. The number of nitrogens with one attached hydrogen (secondary N) is 2. The summed E-state index contributed by atoms with van der Waals surface area (Å²) in [7, 11) is 0. The van der Waals surface area contributed by atoms with E-state index in [1.807, 2.05) is 31.2 Å². The van der Waals surface area contributed by atoms with E-state index in [9.17, 15) is 19.5 Å². The Morgan fingerprint density at radius 1 is 1.15 bits per heavy atom. The van der Waals surface area contributed by atoms with Crippen LogP contribution in [0.3, 0.4) is 0 Å². The van der Waals surface area contributed by atoms with Crippen molar-refractivity contribution in [1.82, 2.24) is 25.2 Å². The largest absolute Gasteiger partial charge is 0.494 e. The molecule has 3 aromatic rings. The number of nitrogens with zero attached hydrogens (tertiary/aromatic N) is 4. The van der Waals surface area contributed by atoms with Crippen LogP contribution < -0.4 is 15.4 Å². The van der Waals surface area contributed by atoms with Crippen LogP contribution in [0, 0.1) is 11.8 Å². The molecule has 5 atom stereocenters. The van der Waals surface area contributed by atoms with Gasteiger partial charge in [0, 0.05) is 24.1 Å². The lowest BCUT2D eigenvalue weighted by atomic mass is 9.70. The summed E-state index contributed by atoms with van der Waals surface area (Å²) in [6.45, 7) is 2.94. The average Bonchev–Trinajstić information content (AvgIpc) is 3.73. The van der Waals surface area contributed by atoms with Gasteiger partial charge < -0.3 is 25.4 Å². The standard InChI is InChI=1S/C29H34N6O5S/c1-2-40-19-11-9-18(10-12-19)31-26(37)23-22-13-14-29(41-22)24(23)28(39)34(15-5-6-16-36)25(29)27(38)30-17-35-21-8-4-3-7-20(21)32-33-35/h3-4,7-12,22-25,36H,2,5-6,13-17H2,1H3,(H,30,38)(H,31,37)/t22-,23+,24+,25?,29?/m1/s1. The molecule has 1 spiro atoms. The first-order valence-corrected chi connectivity index (χ1v) is 15.0. The second kappa shape index (κ2) is 11.3. The Balaban J connectivity index is 1.24. The number of anilines is 1. The van der Waals surface area contributed by atoms with E-state index in [2.05, 4.69) is 20.9 Å². The van der Waals surface area contributed by atoms with Gasteiger partial charge in [0.05, 0.1) is 28.7 Å². The number of benzene rings is 2. The van der Waals surface area contributed by atoms with Crippen LogP contribution in [0.5, 0.6) is 5.75 Å². The number of unbranched alkanes of at least 4 members (excludes halogenated alkanes) is 1. The first-order valence-electron chi connectivity index (χ1n) is 14.2. The molecule has 0 aliphatic carbocycles. The van der Waals surface area contributed by atoms with Gasteiger partial charge in [-0.3, -0.25) is 14.4 Å². The van der Waals surface area contributed by atoms with Crippen LogP contribution in [0.2, 0.25) is 0 Å². The molecule has 12 heteroatoms. The Kier molecular flexibility index (Phi) is 7.60. The van der Waals surface area contributed by atoms with Crippen molar-refractivity contribution in [2.75, 3.05) is 25.1 Å². The average molecular weight is 579 g/mol. The van der Waals surface area contributed by atoms with Crippen LogP contribution in [0.25, 0.3) is 11.0 Å². The maximum Gasteiger partial charge on any atom is 0.245 e. The molecule has 41 heavy (non-hydrogen) atoms. The van der Waals surface area contributed by atoms with E-state index in [-0.39, 0.29) is 36.2 Å². The number of ether oxygens (including phenoxy) is 1. The molecule has 3 fully saturated rings. The number of aliphatic hydroxyl groups is 1. The van der Waals surface area contributed by atoms with Crippen LogP contribution in [0.1, 0.15) is 32.6 Å². The summed E-state index contributed by atoms with van der Waals surface area (Å²) in [6.07, 6.45) is 2.54. The van der Waals surface area contributed by atoms with Gasteiger partial charge in [0.25, 0.3) is 0 Å². The highest BCUT2D eigenvalue weighted by molar-refractivity contribution is 8.02. The summed E-state index contributed by atoms with van der Waals surface area (Å²) < 4.78 is 6.44. The minimum absolute atomic E-state index is 0.0107. The molecule has 3 amide bonds. The van der Waals surface area contributed by atoms with E-state index in [1.54, 1.807) is 45.6 Å². The topological polar surface area (TPSA) is 139 Å². The van der Waals surface area contributed by atoms with Gasteiger partial charge in [-0.15, -0.1) is 16.9 Å². The zero-order chi connectivity index (χ0) is 28.6. The van der Waals surface area contributed by atoms with Crippen molar-refractivity contribution < 1.29 is 24.2 Å². The van der Waals surface area contributed by atoms with Crippen LogP contribution in [0.4, 0.5) is 5.69 Å². The molecule has 3 aliphatic rings. The second-order valence-electron chi connectivity index (χ2n) is 10.7. The minimum atomic E-state index is -0.716. The van der Waals surface area contributed by atoms with Crippen LogP contribution >= 0.6 is 11.8 Å². The van der Waals surface area contributed by atoms with Gasteiger partial charge in [0.2, 0.25) is 17.7 Å². The third-order valence-corrected chi connectivity index (χ3v) is 10.4. The number of thioether (sulfide) groups is 1. The van der Waals surface area contributed by atoms with Gasteiger partial charge >= 0.3 is 0 Å². The van der Waals surface area contributed by atoms with Gasteiger partial charge in [-0.1, -0.05) is 17.3 Å². The number of para-hydroxylation sites is 1. The normalized spacial score (nSPS) is 26.4. The molecular weight excluding hydrogens is 544 g/mol. The lowest BCUT2D eigenvalue weighted by Crippen LogP contribution is -2.53. The van der Waals surface area contributed by atoms with E-state index >= 15 is 0 Å². The number of hydrogen-bond acceptors (Lipinski definition) is 8. The number of carbonyl (C=O) groups excluding carboxylic acids is 3. The fourth-order valence-electron chi connectivity index (χ4n) is 6.70. The Bertz CT molecular complexity index is 1450. The molecule has 0 radical (unpaired) electrons. The quantitative estimate of drug-likeness (QED) is 0.295. The Morgan fingerprint density at radius 2 is 1.95 bits per heavy atom. The number of aliphatic hydroxyl groups excluding tert-OH is 1. The lowest BCUT2D eigenvalue weighted by molar-refractivity contribution is -0.139. The Morgan fingerprint density at radius 3 is 2.73 bits per heavy atom. The zero-order valence-corrected chi connectivity index (χ0v) is 23.7. The van der Waals surface area contributed by atoms with Crippen LogP contribution in [-0.2, 0) is 21.1 Å². The molecule has 4 heterocycles. The molecule has 2 unspecified atom stereocenters. The van der Waals surface area contributed by atoms with Gasteiger partial charge in [0.1, 0.15) is 24.0 Å². The van der Waals surface area contributed by atoms with Crippen molar-refractivity contribution in [1.29, 1.82) is 0 Å². The number of rotatable bonds is 11. The molecule has 6 rings (SSSR count). The molecular formula is C29H34N6O5S. The van der Waals surface area contributed by atoms with E-state index in [0.717, 1.165) is 23.2 Å². The van der Waals surface area contributed by atoms with Crippen molar-refractivity contribution in [3.05, 3.63) is 48.5 Å². The highest BCUT2D eigenvalue weighted by atomic mass is 32.2. The van der Waals surface area contributed by atoms with Crippen LogP contribution in [0.15, 0.2) is 48.5 Å². The fourth-order valence-corrected chi connectivity index (χ4v) is 8.92. The number of aromatic nitrogens is 3. The lowest BCUT2D eigenvalue weighted by Gasteiger charge is -2.34. The Hall–Kier alpha value is -3.64. The predicted molar refractivity (Wildman–Crippen MR) is 154 cm³/mol. The molecule has 3 N–H and O–H groups in total. The number of carbonyl (C=O) groups is 3. The van der Waals surface area contributed by atoms with Crippen molar-refractivity contribution in [2.24, 2.45) is 11.8 Å². The first-order chi connectivity index (χ1) is 20.0. The second-order valence-corrected chi connectivity index (χ2v) is 12.3. The highest BCUT2D eigenvalue weighted by Gasteiger charge is 2.73. The van der Waals surface area contributed by atoms with Gasteiger partial charge in [-0.05, 0) is 69.0 Å². The number of likely N-dealkylation sites (tertiary alicyclic amines) is 1. The third-order valence-electron chi connectivity index (χ3n) is 8.41. The van der Waals surface area contributed by atoms with Gasteiger partial charge in [-0.2, -0.15) is 0 Å². The molecule has 3 saturated heterocycles. The molecule has 216 valence electrons. The summed E-state index contributed by atoms with van der Waals surface area (Å²) in [5, 5.41) is 23.7. The number of hydrogen-bond donors (Lipinski definition) is 3. The maximum absolute atomic E-state index is 14.0. The SMILES string of the molecule is CCOc1ccc(NC(=O)[C@@H]2[C@H]3C(=O)N(CCCCO)C(C(=O)NCn4nnc5ccccc54)C34CC[C@H]2S4)cc1. The summed E-state index contributed by atoms with van der Waals surface area (Å²) in [4.78, 5) is 43.2. The number of amides is 3. The van der Waals surface area contributed by atoms with E-state index in [0.29, 0.717) is 38.1 Å². The summed E-state index contributed by atoms with van der Waals surface area (Å²) in [5.74, 6) is -1.02. The van der Waals surface area contributed by atoms with Crippen molar-refractivity contribution in [2.45, 2.75) is 55.3 Å². The highest BCUT2D eigenvalue weighted by Crippen LogP contribution is 2.66.